The Morgan fingerprint density at radius 2 is 2.05 bits per heavy atom. The molecule has 0 unspecified atom stereocenters. The lowest BCUT2D eigenvalue weighted by Crippen LogP contribution is -2.29. The first-order chi connectivity index (χ1) is 9.47. The monoisotopic (exact) mass is 294 g/mol. The van der Waals surface area contributed by atoms with E-state index in [-0.39, 0.29) is 18.0 Å². The smallest absolute Gasteiger partial charge is 0.326 e. The van der Waals surface area contributed by atoms with Crippen LogP contribution in [0.5, 0.6) is 5.75 Å². The molecule has 104 valence electrons. The summed E-state index contributed by atoms with van der Waals surface area (Å²) in [5, 5.41) is 9.99. The molecule has 8 heteroatoms. The Balaban J connectivity index is 2.02. The fourth-order valence-corrected chi connectivity index (χ4v) is 3.17. The Morgan fingerprint density at radius 3 is 2.60 bits per heavy atom. The van der Waals surface area contributed by atoms with Crippen LogP contribution in [-0.4, -0.2) is 26.0 Å². The van der Waals surface area contributed by atoms with E-state index in [1.807, 2.05) is 4.72 Å². The van der Waals surface area contributed by atoms with E-state index in [0.717, 1.165) is 9.87 Å². The summed E-state index contributed by atoms with van der Waals surface area (Å²) in [4.78, 5) is 11.2. The van der Waals surface area contributed by atoms with E-state index < -0.39 is 16.1 Å². The number of rotatable bonds is 2. The van der Waals surface area contributed by atoms with Crippen molar-refractivity contribution in [3.05, 3.63) is 36.8 Å². The van der Waals surface area contributed by atoms with Gasteiger partial charge in [-0.2, -0.15) is 8.42 Å². The average Bonchev–Trinajstić information content (AvgIpc) is 2.97. The zero-order valence-electron chi connectivity index (χ0n) is 10.1. The number of phenolic OH excluding ortho intramolecular Hbond substituents is 1. The summed E-state index contributed by atoms with van der Waals surface area (Å²) in [6.07, 6.45) is 3.00. The molecule has 1 saturated heterocycles. The van der Waals surface area contributed by atoms with Crippen LogP contribution in [0.25, 0.3) is 11.1 Å². The lowest BCUT2D eigenvalue weighted by molar-refractivity contribution is -0.117. The Hall–Kier alpha value is -2.48. The van der Waals surface area contributed by atoms with Gasteiger partial charge in [-0.1, -0.05) is 6.07 Å². The van der Waals surface area contributed by atoms with Gasteiger partial charge in [0.25, 0.3) is 5.91 Å². The third kappa shape index (κ3) is 1.99. The van der Waals surface area contributed by atoms with Gasteiger partial charge in [0, 0.05) is 5.56 Å². The normalized spacial score (nSPS) is 17.2. The number of aromatic hydroxyl groups is 1. The highest BCUT2D eigenvalue weighted by Gasteiger charge is 2.35. The van der Waals surface area contributed by atoms with Crippen LogP contribution in [0.15, 0.2) is 41.2 Å². The van der Waals surface area contributed by atoms with E-state index >= 15 is 0 Å². The molecule has 1 aromatic heterocycles. The summed E-state index contributed by atoms with van der Waals surface area (Å²) < 4.78 is 31.0. The molecule has 0 atom stereocenters. The van der Waals surface area contributed by atoms with E-state index in [9.17, 15) is 18.3 Å². The van der Waals surface area contributed by atoms with Gasteiger partial charge in [0.05, 0.1) is 18.2 Å². The first-order valence-electron chi connectivity index (χ1n) is 5.66. The number of hydrogen-bond acceptors (Lipinski definition) is 5. The molecule has 0 aliphatic carbocycles. The molecular weight excluding hydrogens is 284 g/mol. The summed E-state index contributed by atoms with van der Waals surface area (Å²) in [6.45, 7) is -0.346. The zero-order valence-corrected chi connectivity index (χ0v) is 10.9. The molecule has 2 aromatic rings. The van der Waals surface area contributed by atoms with Crippen molar-refractivity contribution in [2.75, 3.05) is 10.8 Å². The highest BCUT2D eigenvalue weighted by Crippen LogP contribution is 2.34. The van der Waals surface area contributed by atoms with Crippen LogP contribution in [-0.2, 0) is 15.0 Å². The Bertz CT molecular complexity index is 767. The van der Waals surface area contributed by atoms with Gasteiger partial charge in [-0.05, 0) is 23.8 Å². The first-order valence-corrected chi connectivity index (χ1v) is 7.10. The largest absolute Gasteiger partial charge is 0.506 e. The number of hydrogen-bond donors (Lipinski definition) is 2. The number of furan rings is 1. The summed E-state index contributed by atoms with van der Waals surface area (Å²) >= 11 is 0. The van der Waals surface area contributed by atoms with Crippen LogP contribution in [0.3, 0.4) is 0 Å². The third-order valence-corrected chi connectivity index (χ3v) is 4.31. The molecule has 1 aromatic carbocycles. The molecule has 0 spiro atoms. The lowest BCUT2D eigenvalue weighted by Gasteiger charge is -2.16. The van der Waals surface area contributed by atoms with Crippen molar-refractivity contribution in [2.24, 2.45) is 0 Å². The minimum absolute atomic E-state index is 0.0515. The van der Waals surface area contributed by atoms with Crippen LogP contribution < -0.4 is 9.03 Å². The van der Waals surface area contributed by atoms with E-state index in [1.165, 1.54) is 24.7 Å². The van der Waals surface area contributed by atoms with Gasteiger partial charge in [-0.25, -0.2) is 9.03 Å². The second kappa shape index (κ2) is 4.27. The van der Waals surface area contributed by atoms with Gasteiger partial charge < -0.3 is 9.52 Å². The number of carbonyl (C=O) groups is 1. The van der Waals surface area contributed by atoms with Gasteiger partial charge in [0.15, 0.2) is 0 Å². The lowest BCUT2D eigenvalue weighted by atomic mass is 10.1. The molecule has 2 heterocycles. The fraction of sp³-hybridized carbons (Fsp3) is 0.0833. The quantitative estimate of drug-likeness (QED) is 0.854. The third-order valence-electron chi connectivity index (χ3n) is 2.92. The molecular formula is C12H10N2O5S. The predicted octanol–water partition coefficient (Wildman–Crippen LogP) is 0.833. The SMILES string of the molecule is O=C1CN(c2ccc(-c3ccoc3)cc2O)S(=O)(=O)N1. The molecule has 0 radical (unpaired) electrons. The highest BCUT2D eigenvalue weighted by molar-refractivity contribution is 7.92. The summed E-state index contributed by atoms with van der Waals surface area (Å²) in [5.74, 6) is -0.868. The molecule has 7 nitrogen and oxygen atoms in total. The fourth-order valence-electron chi connectivity index (χ4n) is 2.00. The number of nitrogens with zero attached hydrogens (tertiary/aromatic N) is 1. The maximum absolute atomic E-state index is 11.7. The second-order valence-electron chi connectivity index (χ2n) is 4.25. The molecule has 1 aliphatic heterocycles. The molecule has 3 rings (SSSR count). The first kappa shape index (κ1) is 12.5. The number of carbonyl (C=O) groups excluding carboxylic acids is 1. The van der Waals surface area contributed by atoms with Crippen molar-refractivity contribution in [2.45, 2.75) is 0 Å². The minimum Gasteiger partial charge on any atom is -0.506 e. The van der Waals surface area contributed by atoms with Crippen molar-refractivity contribution in [3.63, 3.8) is 0 Å². The standard InChI is InChI=1S/C12H10N2O5S/c15-11-5-8(9-3-4-19-7-9)1-2-10(11)14-6-12(16)13-20(14,17)18/h1-5,7,15H,6H2,(H,13,16). The minimum atomic E-state index is -3.92. The van der Waals surface area contributed by atoms with Crippen LogP contribution in [0.4, 0.5) is 5.69 Å². The maximum atomic E-state index is 11.7. The highest BCUT2D eigenvalue weighted by atomic mass is 32.2. The molecule has 0 saturated carbocycles. The van der Waals surface area contributed by atoms with Crippen LogP contribution >= 0.6 is 0 Å². The van der Waals surface area contributed by atoms with Crippen molar-refractivity contribution in [3.8, 4) is 16.9 Å². The van der Waals surface area contributed by atoms with E-state index in [0.29, 0.717) is 5.56 Å². The molecule has 1 aliphatic rings. The van der Waals surface area contributed by atoms with Crippen molar-refractivity contribution < 1.29 is 22.7 Å². The Labute approximate surface area is 114 Å². The van der Waals surface area contributed by atoms with Gasteiger partial charge in [0.2, 0.25) is 0 Å². The maximum Gasteiger partial charge on any atom is 0.326 e. The summed E-state index contributed by atoms with van der Waals surface area (Å²) in [7, 11) is -3.92. The van der Waals surface area contributed by atoms with Crippen molar-refractivity contribution in [1.29, 1.82) is 0 Å². The van der Waals surface area contributed by atoms with Gasteiger partial charge in [-0.15, -0.1) is 0 Å². The van der Waals surface area contributed by atoms with Gasteiger partial charge in [-0.3, -0.25) is 4.79 Å². The van der Waals surface area contributed by atoms with E-state index in [4.69, 9.17) is 4.42 Å². The van der Waals surface area contributed by atoms with E-state index in [1.54, 1.807) is 12.1 Å². The van der Waals surface area contributed by atoms with E-state index in [2.05, 4.69) is 0 Å². The van der Waals surface area contributed by atoms with Crippen LogP contribution in [0.1, 0.15) is 0 Å². The topological polar surface area (TPSA) is 99.8 Å². The predicted molar refractivity (Wildman–Crippen MR) is 70.2 cm³/mol. The number of amides is 1. The Kier molecular flexibility index (Phi) is 2.68. The van der Waals surface area contributed by atoms with Crippen molar-refractivity contribution in [1.82, 2.24) is 4.72 Å². The molecule has 1 fully saturated rings. The van der Waals surface area contributed by atoms with Gasteiger partial charge >= 0.3 is 10.2 Å². The molecule has 0 bridgehead atoms. The summed E-state index contributed by atoms with van der Waals surface area (Å²) in [6, 6.07) is 6.21. The molecule has 20 heavy (non-hydrogen) atoms. The van der Waals surface area contributed by atoms with Gasteiger partial charge in [0.1, 0.15) is 12.3 Å². The number of benzene rings is 1. The number of phenols is 1. The summed E-state index contributed by atoms with van der Waals surface area (Å²) in [5.41, 5.74) is 1.48. The number of anilines is 1. The second-order valence-corrected chi connectivity index (χ2v) is 5.85. The van der Waals surface area contributed by atoms with Crippen LogP contribution in [0.2, 0.25) is 0 Å². The average molecular weight is 294 g/mol. The molecule has 2 N–H and O–H groups in total. The number of nitrogens with one attached hydrogen (secondary N) is 1. The van der Waals surface area contributed by atoms with Crippen LogP contribution in [0, 0.1) is 0 Å². The zero-order chi connectivity index (χ0) is 14.3. The Morgan fingerprint density at radius 1 is 1.25 bits per heavy atom. The van der Waals surface area contributed by atoms with Crippen molar-refractivity contribution >= 4 is 21.8 Å². The molecule has 1 amide bonds.